The molecule has 0 bridgehead atoms. The van der Waals surface area contributed by atoms with Gasteiger partial charge >= 0.3 is 7.91 Å². The first kappa shape index (κ1) is 23.7. The van der Waals surface area contributed by atoms with Crippen LogP contribution in [0.4, 0.5) is 11.4 Å². The van der Waals surface area contributed by atoms with Gasteiger partial charge in [-0.15, -0.1) is 11.8 Å². The smallest absolute Gasteiger partial charge is 0.336 e. The molecule has 0 saturated heterocycles. The molecule has 170 valence electrons. The van der Waals surface area contributed by atoms with Crippen molar-refractivity contribution in [2.75, 3.05) is 23.5 Å². The van der Waals surface area contributed by atoms with Crippen molar-refractivity contribution >= 4 is 47.4 Å². The monoisotopic (exact) mass is 497 g/mol. The zero-order chi connectivity index (χ0) is 23.2. The zero-order valence-electron chi connectivity index (χ0n) is 18.2. The maximum atomic E-state index is 13.3. The second kappa shape index (κ2) is 11.1. The predicted molar refractivity (Wildman–Crippen MR) is 137 cm³/mol. The molecule has 1 unspecified atom stereocenters. The summed E-state index contributed by atoms with van der Waals surface area (Å²) >= 11 is 1.48. The van der Waals surface area contributed by atoms with Crippen LogP contribution in [0, 0.1) is 0 Å². The van der Waals surface area contributed by atoms with Crippen LogP contribution in [-0.2, 0) is 31.0 Å². The van der Waals surface area contributed by atoms with Crippen LogP contribution >= 0.6 is 19.7 Å². The lowest BCUT2D eigenvalue weighted by Gasteiger charge is -2.35. The van der Waals surface area contributed by atoms with Crippen LogP contribution in [0.5, 0.6) is 0 Å². The topological polar surface area (TPSA) is 63.7 Å². The lowest BCUT2D eigenvalue weighted by molar-refractivity contribution is 0.305. The van der Waals surface area contributed by atoms with E-state index in [0.29, 0.717) is 12.2 Å². The number of fused-ring (bicyclic) bond motifs is 2. The molecule has 3 aromatic rings. The normalized spacial score (nSPS) is 13.2. The van der Waals surface area contributed by atoms with E-state index < -0.39 is 18.7 Å². The van der Waals surface area contributed by atoms with Gasteiger partial charge in [0.2, 0.25) is 0 Å². The van der Waals surface area contributed by atoms with Gasteiger partial charge in [-0.1, -0.05) is 66.7 Å². The Hall–Kier alpha value is -2.44. The molecule has 0 aliphatic carbocycles. The van der Waals surface area contributed by atoms with Gasteiger partial charge in [-0.25, -0.2) is 9.13 Å². The van der Waals surface area contributed by atoms with Crippen molar-refractivity contribution in [3.05, 3.63) is 99.8 Å². The lowest BCUT2D eigenvalue weighted by atomic mass is 9.91. The molecule has 0 N–H and O–H groups in total. The summed E-state index contributed by atoms with van der Waals surface area (Å²) in [6.07, 6.45) is 2.34. The number of thioether (sulfide) groups is 1. The summed E-state index contributed by atoms with van der Waals surface area (Å²) in [6, 6.07) is 26.8. The van der Waals surface area contributed by atoms with E-state index in [1.807, 2.05) is 48.7 Å². The Morgan fingerprint density at radius 3 is 2.06 bits per heavy atom. The van der Waals surface area contributed by atoms with Crippen molar-refractivity contribution in [3.8, 4) is 0 Å². The molecule has 8 heteroatoms. The van der Waals surface area contributed by atoms with Gasteiger partial charge in [-0.05, 0) is 30.4 Å². The van der Waals surface area contributed by atoms with Gasteiger partial charge in [0.25, 0.3) is 0 Å². The zero-order valence-corrected chi connectivity index (χ0v) is 20.7. The third kappa shape index (κ3) is 5.39. The van der Waals surface area contributed by atoms with Gasteiger partial charge in [0.05, 0.1) is 21.6 Å². The lowest BCUT2D eigenvalue weighted by Crippen LogP contribution is -2.23. The summed E-state index contributed by atoms with van der Waals surface area (Å²) in [5.41, 5.74) is 6.43. The Labute approximate surface area is 201 Å². The Balaban J connectivity index is 1.78. The van der Waals surface area contributed by atoms with Crippen molar-refractivity contribution < 1.29 is 17.9 Å². The van der Waals surface area contributed by atoms with E-state index in [2.05, 4.69) is 45.8 Å². The van der Waals surface area contributed by atoms with Crippen molar-refractivity contribution in [3.63, 3.8) is 0 Å². The highest BCUT2D eigenvalue weighted by molar-refractivity contribution is 8.16. The van der Waals surface area contributed by atoms with E-state index in [-0.39, 0.29) is 6.61 Å². The van der Waals surface area contributed by atoms with E-state index in [1.54, 1.807) is 0 Å². The number of rotatable bonds is 9. The summed E-state index contributed by atoms with van der Waals surface area (Å²) in [4.78, 5) is 2.31. The molecule has 1 atom stereocenters. The fraction of sp³-hybridized carbons (Fsp3) is 0.200. The van der Waals surface area contributed by atoms with Gasteiger partial charge in [0.15, 0.2) is 0 Å². The van der Waals surface area contributed by atoms with E-state index in [4.69, 9.17) is 0 Å². The largest absolute Gasteiger partial charge is 0.468 e. The SMILES string of the molecule is CSC(=C1c2ccccc2N(Cc2ccccc2)c2ccccc21)S(=O)CCCOP(=O)=O. The van der Waals surface area contributed by atoms with Crippen LogP contribution in [-0.4, -0.2) is 22.8 Å². The highest BCUT2D eigenvalue weighted by atomic mass is 32.2. The average Bonchev–Trinajstić information content (AvgIpc) is 2.84. The molecule has 0 radical (unpaired) electrons. The molecule has 3 aromatic carbocycles. The molecule has 33 heavy (non-hydrogen) atoms. The summed E-state index contributed by atoms with van der Waals surface area (Å²) in [5, 5.41) is 0. The van der Waals surface area contributed by atoms with Crippen LogP contribution in [0.3, 0.4) is 0 Å². The Morgan fingerprint density at radius 2 is 1.48 bits per heavy atom. The summed E-state index contributed by atoms with van der Waals surface area (Å²) in [7, 11) is -4.17. The van der Waals surface area contributed by atoms with Crippen molar-refractivity contribution in [2.24, 2.45) is 0 Å². The summed E-state index contributed by atoms with van der Waals surface area (Å²) < 4.78 is 40.0. The van der Waals surface area contributed by atoms with Crippen molar-refractivity contribution in [1.82, 2.24) is 0 Å². The third-order valence-corrected chi connectivity index (χ3v) is 8.68. The quantitative estimate of drug-likeness (QED) is 0.243. The highest BCUT2D eigenvalue weighted by Gasteiger charge is 2.29. The minimum atomic E-state index is -2.88. The summed E-state index contributed by atoms with van der Waals surface area (Å²) in [6.45, 7) is 0.768. The van der Waals surface area contributed by atoms with Gasteiger partial charge < -0.3 is 4.90 Å². The van der Waals surface area contributed by atoms with Gasteiger partial charge in [-0.2, -0.15) is 0 Å². The van der Waals surface area contributed by atoms with Crippen LogP contribution in [0.2, 0.25) is 0 Å². The van der Waals surface area contributed by atoms with E-state index in [0.717, 1.165) is 38.9 Å². The number of hydrogen-bond donors (Lipinski definition) is 0. The number of hydrogen-bond acceptors (Lipinski definition) is 6. The molecule has 5 nitrogen and oxygen atoms in total. The predicted octanol–water partition coefficient (Wildman–Crippen LogP) is 6.66. The van der Waals surface area contributed by atoms with E-state index >= 15 is 0 Å². The third-order valence-electron chi connectivity index (χ3n) is 5.38. The minimum Gasteiger partial charge on any atom is -0.336 e. The first-order chi connectivity index (χ1) is 16.1. The molecule has 0 saturated carbocycles. The number of para-hydroxylation sites is 2. The molecule has 0 amide bonds. The second-order valence-electron chi connectivity index (χ2n) is 7.43. The molecule has 0 aromatic heterocycles. The number of anilines is 2. The first-order valence-electron chi connectivity index (χ1n) is 10.5. The standard InChI is InChI=1S/C25H24NO4PS2/c1-32-25(33(29)17-9-16-30-31(27)28)24-20-12-5-7-14-22(20)26(18-19-10-3-2-4-11-19)23-15-8-6-13-21(23)24/h2-8,10-15H,9,16-18H2,1H3. The van der Waals surface area contributed by atoms with E-state index in [1.165, 1.54) is 17.3 Å². The van der Waals surface area contributed by atoms with Crippen LogP contribution in [0.15, 0.2) is 83.1 Å². The van der Waals surface area contributed by atoms with Gasteiger partial charge in [0.1, 0.15) is 0 Å². The number of nitrogens with zero attached hydrogens (tertiary/aromatic N) is 1. The summed E-state index contributed by atoms with van der Waals surface area (Å²) in [5.74, 6) is 0.334. The molecular formula is C25H24NO4PS2. The first-order valence-corrected chi connectivity index (χ1v) is 14.2. The molecular weight excluding hydrogens is 473 g/mol. The molecule has 1 heterocycles. The van der Waals surface area contributed by atoms with Crippen LogP contribution in [0.1, 0.15) is 23.1 Å². The number of benzene rings is 3. The molecule has 4 rings (SSSR count). The van der Waals surface area contributed by atoms with Crippen molar-refractivity contribution in [2.45, 2.75) is 13.0 Å². The highest BCUT2D eigenvalue weighted by Crippen LogP contribution is 2.48. The Bertz CT molecular complexity index is 1200. The van der Waals surface area contributed by atoms with Gasteiger partial charge in [0, 0.05) is 40.4 Å². The molecule has 1 aliphatic heterocycles. The molecule has 0 spiro atoms. The van der Waals surface area contributed by atoms with Crippen molar-refractivity contribution in [1.29, 1.82) is 0 Å². The van der Waals surface area contributed by atoms with Crippen LogP contribution in [0.25, 0.3) is 5.57 Å². The Morgan fingerprint density at radius 1 is 0.909 bits per heavy atom. The van der Waals surface area contributed by atoms with E-state index in [9.17, 15) is 13.3 Å². The maximum absolute atomic E-state index is 13.3. The fourth-order valence-electron chi connectivity index (χ4n) is 4.00. The minimum absolute atomic E-state index is 0.0411. The van der Waals surface area contributed by atoms with Crippen LogP contribution < -0.4 is 4.90 Å². The second-order valence-corrected chi connectivity index (χ2v) is 10.7. The Kier molecular flexibility index (Phi) is 7.99. The molecule has 1 aliphatic rings. The maximum Gasteiger partial charge on any atom is 0.468 e. The van der Waals surface area contributed by atoms with Gasteiger partial charge in [-0.3, -0.25) is 8.73 Å². The average molecular weight is 498 g/mol. The fourth-order valence-corrected chi connectivity index (χ4v) is 6.71. The molecule has 0 fully saturated rings.